The van der Waals surface area contributed by atoms with Gasteiger partial charge in [0.2, 0.25) is 5.91 Å². The second kappa shape index (κ2) is 9.38. The van der Waals surface area contributed by atoms with Crippen LogP contribution in [0.1, 0.15) is 23.2 Å². The van der Waals surface area contributed by atoms with Gasteiger partial charge in [-0.05, 0) is 37.1 Å². The van der Waals surface area contributed by atoms with E-state index in [1.165, 1.54) is 7.11 Å². The fourth-order valence-corrected chi connectivity index (χ4v) is 3.71. The molecule has 0 bridgehead atoms. The molecule has 2 aromatic carbocycles. The topological polar surface area (TPSA) is 84.4 Å². The first-order chi connectivity index (χ1) is 15.1. The maximum absolute atomic E-state index is 12.7. The highest BCUT2D eigenvalue weighted by Crippen LogP contribution is 2.26. The number of benzene rings is 2. The van der Waals surface area contributed by atoms with Gasteiger partial charge in [0.05, 0.1) is 18.4 Å². The van der Waals surface area contributed by atoms with E-state index in [1.54, 1.807) is 30.6 Å². The van der Waals surface area contributed by atoms with Crippen LogP contribution < -0.4 is 10.2 Å². The van der Waals surface area contributed by atoms with Crippen molar-refractivity contribution in [3.8, 4) is 11.3 Å². The summed E-state index contributed by atoms with van der Waals surface area (Å²) in [7, 11) is 1.34. The van der Waals surface area contributed by atoms with Gasteiger partial charge in [-0.25, -0.2) is 14.8 Å². The first-order valence-electron chi connectivity index (χ1n) is 10.3. The van der Waals surface area contributed by atoms with Crippen LogP contribution in [0.25, 0.3) is 11.3 Å². The van der Waals surface area contributed by atoms with Crippen molar-refractivity contribution in [2.75, 3.05) is 30.4 Å². The van der Waals surface area contributed by atoms with Gasteiger partial charge in [-0.2, -0.15) is 0 Å². The molecule has 1 fully saturated rings. The van der Waals surface area contributed by atoms with E-state index in [9.17, 15) is 9.59 Å². The van der Waals surface area contributed by atoms with E-state index in [2.05, 4.69) is 20.2 Å². The van der Waals surface area contributed by atoms with Gasteiger partial charge in [0.1, 0.15) is 12.1 Å². The van der Waals surface area contributed by atoms with E-state index < -0.39 is 5.97 Å². The second-order valence-electron chi connectivity index (χ2n) is 7.45. The Morgan fingerprint density at radius 3 is 2.39 bits per heavy atom. The van der Waals surface area contributed by atoms with Crippen LogP contribution in [0.15, 0.2) is 67.0 Å². The van der Waals surface area contributed by atoms with Crippen molar-refractivity contribution >= 4 is 23.4 Å². The molecule has 0 atom stereocenters. The van der Waals surface area contributed by atoms with Gasteiger partial charge in [0.15, 0.2) is 0 Å². The Bertz CT molecular complexity index is 1050. The Morgan fingerprint density at radius 2 is 1.71 bits per heavy atom. The summed E-state index contributed by atoms with van der Waals surface area (Å²) in [6, 6.07) is 18.7. The lowest BCUT2D eigenvalue weighted by atomic mass is 9.95. The average molecular weight is 416 g/mol. The number of nitrogens with zero attached hydrogens (tertiary/aromatic N) is 3. The van der Waals surface area contributed by atoms with Crippen molar-refractivity contribution in [3.63, 3.8) is 0 Å². The number of ether oxygens (including phenoxy) is 1. The number of amides is 1. The van der Waals surface area contributed by atoms with E-state index in [1.807, 2.05) is 36.4 Å². The molecule has 7 nitrogen and oxygen atoms in total. The van der Waals surface area contributed by atoms with Gasteiger partial charge in [-0.3, -0.25) is 4.79 Å². The zero-order valence-corrected chi connectivity index (χ0v) is 17.3. The minimum Gasteiger partial charge on any atom is -0.465 e. The second-order valence-corrected chi connectivity index (χ2v) is 7.45. The largest absolute Gasteiger partial charge is 0.465 e. The Hall–Kier alpha value is -3.74. The molecule has 0 aliphatic carbocycles. The lowest BCUT2D eigenvalue weighted by Gasteiger charge is -2.32. The first-order valence-corrected chi connectivity index (χ1v) is 10.3. The molecule has 7 heteroatoms. The van der Waals surface area contributed by atoms with Gasteiger partial charge >= 0.3 is 5.97 Å². The average Bonchev–Trinajstić information content (AvgIpc) is 2.84. The van der Waals surface area contributed by atoms with Gasteiger partial charge in [-0.15, -0.1) is 0 Å². The summed E-state index contributed by atoms with van der Waals surface area (Å²) in [5, 5.41) is 2.95. The molecular formula is C24H24N4O3. The number of rotatable bonds is 5. The third-order valence-electron chi connectivity index (χ3n) is 5.49. The standard InChI is InChI=1S/C24H24N4O3/c1-31-24(30)19-7-9-20(10-8-19)27-23(29)18-11-13-28(14-12-18)22-15-21(25-16-26-22)17-5-3-2-4-6-17/h2-10,15-16,18H,11-14H2,1H3,(H,27,29). The van der Waals surface area contributed by atoms with Crippen molar-refractivity contribution in [1.82, 2.24) is 9.97 Å². The van der Waals surface area contributed by atoms with Crippen molar-refractivity contribution in [2.24, 2.45) is 5.92 Å². The van der Waals surface area contributed by atoms with Crippen molar-refractivity contribution < 1.29 is 14.3 Å². The summed E-state index contributed by atoms with van der Waals surface area (Å²) >= 11 is 0. The molecule has 3 aromatic rings. The predicted octanol–water partition coefficient (Wildman–Crippen LogP) is 3.79. The zero-order valence-electron chi connectivity index (χ0n) is 17.3. The van der Waals surface area contributed by atoms with Crippen LogP contribution in [0, 0.1) is 5.92 Å². The minimum atomic E-state index is -0.398. The highest BCUT2D eigenvalue weighted by molar-refractivity contribution is 5.94. The molecule has 2 heterocycles. The number of carbonyl (C=O) groups excluding carboxylic acids is 2. The van der Waals surface area contributed by atoms with Crippen LogP contribution in [-0.2, 0) is 9.53 Å². The maximum atomic E-state index is 12.7. The molecule has 4 rings (SSSR count). The van der Waals surface area contributed by atoms with E-state index >= 15 is 0 Å². The summed E-state index contributed by atoms with van der Waals surface area (Å²) < 4.78 is 4.69. The number of hydrogen-bond donors (Lipinski definition) is 1. The molecule has 31 heavy (non-hydrogen) atoms. The van der Waals surface area contributed by atoms with Crippen molar-refractivity contribution in [2.45, 2.75) is 12.8 Å². The molecule has 0 spiro atoms. The summed E-state index contributed by atoms with van der Waals surface area (Å²) in [5.41, 5.74) is 3.07. The molecule has 1 aliphatic rings. The fraction of sp³-hybridized carbons (Fsp3) is 0.250. The highest BCUT2D eigenvalue weighted by Gasteiger charge is 2.26. The van der Waals surface area contributed by atoms with Gasteiger partial charge in [0.25, 0.3) is 0 Å². The van der Waals surface area contributed by atoms with Crippen LogP contribution in [0.5, 0.6) is 0 Å². The Kier molecular flexibility index (Phi) is 6.21. The van der Waals surface area contributed by atoms with Crippen LogP contribution in [0.4, 0.5) is 11.5 Å². The van der Waals surface area contributed by atoms with Gasteiger partial charge in [-0.1, -0.05) is 30.3 Å². The number of piperidine rings is 1. The summed E-state index contributed by atoms with van der Waals surface area (Å²) in [4.78, 5) is 35.2. The number of carbonyl (C=O) groups is 2. The third kappa shape index (κ3) is 4.88. The molecule has 158 valence electrons. The molecular weight excluding hydrogens is 392 g/mol. The van der Waals surface area contributed by atoms with E-state index in [4.69, 9.17) is 4.74 Å². The smallest absolute Gasteiger partial charge is 0.337 e. The van der Waals surface area contributed by atoms with Gasteiger partial charge in [0, 0.05) is 36.3 Å². The Labute approximate surface area is 181 Å². The summed E-state index contributed by atoms with van der Waals surface area (Å²) in [5.74, 6) is 0.418. The number of anilines is 2. The third-order valence-corrected chi connectivity index (χ3v) is 5.49. The molecule has 0 unspecified atom stereocenters. The van der Waals surface area contributed by atoms with E-state index in [-0.39, 0.29) is 11.8 Å². The van der Waals surface area contributed by atoms with Crippen molar-refractivity contribution in [3.05, 3.63) is 72.6 Å². The van der Waals surface area contributed by atoms with Crippen LogP contribution in [0.3, 0.4) is 0 Å². The van der Waals surface area contributed by atoms with Crippen molar-refractivity contribution in [1.29, 1.82) is 0 Å². The molecule has 0 radical (unpaired) electrons. The first kappa shape index (κ1) is 20.5. The lowest BCUT2D eigenvalue weighted by molar-refractivity contribution is -0.120. The Balaban J connectivity index is 1.34. The van der Waals surface area contributed by atoms with Crippen LogP contribution in [-0.4, -0.2) is 42.0 Å². The molecule has 0 saturated carbocycles. The summed E-state index contributed by atoms with van der Waals surface area (Å²) in [6.07, 6.45) is 3.09. The highest BCUT2D eigenvalue weighted by atomic mass is 16.5. The van der Waals surface area contributed by atoms with Crippen LogP contribution in [0.2, 0.25) is 0 Å². The number of aromatic nitrogens is 2. The minimum absolute atomic E-state index is 0.00173. The normalized spacial score (nSPS) is 14.2. The molecule has 1 aliphatic heterocycles. The van der Waals surface area contributed by atoms with Crippen LogP contribution >= 0.6 is 0 Å². The summed E-state index contributed by atoms with van der Waals surface area (Å²) in [6.45, 7) is 1.51. The zero-order chi connectivity index (χ0) is 21.6. The number of nitrogens with one attached hydrogen (secondary N) is 1. The molecule has 1 N–H and O–H groups in total. The molecule has 1 aromatic heterocycles. The predicted molar refractivity (Wildman–Crippen MR) is 119 cm³/mol. The molecule has 1 amide bonds. The quantitative estimate of drug-likeness (QED) is 0.637. The number of methoxy groups -OCH3 is 1. The van der Waals surface area contributed by atoms with Gasteiger partial charge < -0.3 is 15.0 Å². The SMILES string of the molecule is COC(=O)c1ccc(NC(=O)C2CCN(c3cc(-c4ccccc4)ncn3)CC2)cc1. The fourth-order valence-electron chi connectivity index (χ4n) is 3.71. The van der Waals surface area contributed by atoms with E-state index in [0.29, 0.717) is 11.3 Å². The lowest BCUT2D eigenvalue weighted by Crippen LogP contribution is -2.38. The van der Waals surface area contributed by atoms with E-state index in [0.717, 1.165) is 43.0 Å². The number of hydrogen-bond acceptors (Lipinski definition) is 6. The number of esters is 1. The maximum Gasteiger partial charge on any atom is 0.337 e. The Morgan fingerprint density at radius 1 is 1.00 bits per heavy atom. The molecule has 1 saturated heterocycles. The monoisotopic (exact) mass is 416 g/mol.